The molecule has 19 heavy (non-hydrogen) atoms. The van der Waals surface area contributed by atoms with Crippen LogP contribution in [0.3, 0.4) is 0 Å². The molecule has 0 atom stereocenters. The van der Waals surface area contributed by atoms with Gasteiger partial charge >= 0.3 is 7.12 Å². The van der Waals surface area contributed by atoms with Gasteiger partial charge in [-0.15, -0.1) is 0 Å². The number of carbonyl (C=O) groups excluding carboxylic acids is 1. The molecule has 0 spiro atoms. The van der Waals surface area contributed by atoms with Gasteiger partial charge in [0.15, 0.2) is 0 Å². The zero-order chi connectivity index (χ0) is 13.8. The van der Waals surface area contributed by atoms with E-state index in [0.717, 1.165) is 11.3 Å². The Labute approximate surface area is 112 Å². The molecule has 0 unspecified atom stereocenters. The Morgan fingerprint density at radius 1 is 1.26 bits per heavy atom. The summed E-state index contributed by atoms with van der Waals surface area (Å²) in [5, 5.41) is 2.81. The lowest BCUT2D eigenvalue weighted by atomic mass is 9.80. The molecule has 3 rings (SSSR count). The van der Waals surface area contributed by atoms with Gasteiger partial charge in [0, 0.05) is 17.4 Å². The molecule has 0 aromatic carbocycles. The number of nitrogens with one attached hydrogen (secondary N) is 1. The van der Waals surface area contributed by atoms with Crippen LogP contribution in [-0.4, -0.2) is 29.2 Å². The second kappa shape index (κ2) is 3.80. The first-order valence-electron chi connectivity index (χ1n) is 6.43. The maximum atomic E-state index is 11.5. The lowest BCUT2D eigenvalue weighted by Gasteiger charge is -2.32. The molecular weight excluding hydrogens is 243 g/mol. The van der Waals surface area contributed by atoms with E-state index in [2.05, 4.69) is 10.3 Å². The summed E-state index contributed by atoms with van der Waals surface area (Å²) >= 11 is 0. The Kier molecular flexibility index (Phi) is 2.53. The molecule has 0 radical (unpaired) electrons. The number of fused-ring (bicyclic) bond motifs is 1. The van der Waals surface area contributed by atoms with Crippen molar-refractivity contribution >= 4 is 24.3 Å². The number of anilines is 1. The van der Waals surface area contributed by atoms with Gasteiger partial charge in [0.1, 0.15) is 0 Å². The van der Waals surface area contributed by atoms with Crippen LogP contribution in [0.2, 0.25) is 0 Å². The van der Waals surface area contributed by atoms with Gasteiger partial charge in [0.25, 0.3) is 0 Å². The fourth-order valence-electron chi connectivity index (χ4n) is 2.32. The number of carbonyl (C=O) groups is 1. The third-order valence-electron chi connectivity index (χ3n) is 4.18. The SMILES string of the molecule is CC1(C)OB(c2nccc3c2CC(=O)N3)OC1(C)C. The molecule has 0 bridgehead atoms. The second-order valence-corrected chi connectivity index (χ2v) is 6.04. The third-order valence-corrected chi connectivity index (χ3v) is 4.18. The van der Waals surface area contributed by atoms with Crippen molar-refractivity contribution in [1.29, 1.82) is 0 Å². The Bertz CT molecular complexity index is 541. The first kappa shape index (κ1) is 12.6. The summed E-state index contributed by atoms with van der Waals surface area (Å²) in [6.07, 6.45) is 2.01. The molecule has 0 aliphatic carbocycles. The average molecular weight is 260 g/mol. The van der Waals surface area contributed by atoms with Gasteiger partial charge in [-0.05, 0) is 33.8 Å². The van der Waals surface area contributed by atoms with Crippen molar-refractivity contribution in [3.8, 4) is 0 Å². The minimum atomic E-state index is -0.521. The van der Waals surface area contributed by atoms with Crippen LogP contribution in [0.1, 0.15) is 33.3 Å². The van der Waals surface area contributed by atoms with E-state index in [1.54, 1.807) is 12.3 Å². The third kappa shape index (κ3) is 1.86. The van der Waals surface area contributed by atoms with Gasteiger partial charge in [0.05, 0.1) is 23.2 Å². The van der Waals surface area contributed by atoms with E-state index in [9.17, 15) is 4.79 Å². The summed E-state index contributed by atoms with van der Waals surface area (Å²) in [6.45, 7) is 8.00. The number of aromatic nitrogens is 1. The second-order valence-electron chi connectivity index (χ2n) is 6.04. The molecular formula is C13H17BN2O3. The summed E-state index contributed by atoms with van der Waals surface area (Å²) in [5.41, 5.74) is 1.58. The Balaban J connectivity index is 1.98. The predicted molar refractivity (Wildman–Crippen MR) is 72.3 cm³/mol. The highest BCUT2D eigenvalue weighted by Gasteiger charge is 2.53. The molecule has 0 saturated carbocycles. The van der Waals surface area contributed by atoms with Crippen molar-refractivity contribution in [2.75, 3.05) is 5.32 Å². The van der Waals surface area contributed by atoms with Crippen LogP contribution in [-0.2, 0) is 20.5 Å². The average Bonchev–Trinajstić information content (AvgIpc) is 2.75. The van der Waals surface area contributed by atoms with Crippen LogP contribution in [0.4, 0.5) is 5.69 Å². The summed E-state index contributed by atoms with van der Waals surface area (Å²) < 4.78 is 12.0. The van der Waals surface area contributed by atoms with Gasteiger partial charge in [-0.25, -0.2) is 0 Å². The van der Waals surface area contributed by atoms with Crippen molar-refractivity contribution in [1.82, 2.24) is 4.98 Å². The fraction of sp³-hybridized carbons (Fsp3) is 0.538. The number of pyridine rings is 1. The van der Waals surface area contributed by atoms with Gasteiger partial charge in [-0.1, -0.05) is 0 Å². The largest absolute Gasteiger partial charge is 0.514 e. The van der Waals surface area contributed by atoms with Crippen molar-refractivity contribution < 1.29 is 14.1 Å². The molecule has 2 aliphatic heterocycles. The molecule has 1 fully saturated rings. The molecule has 100 valence electrons. The van der Waals surface area contributed by atoms with Gasteiger partial charge in [-0.2, -0.15) is 0 Å². The van der Waals surface area contributed by atoms with Crippen molar-refractivity contribution in [3.05, 3.63) is 17.8 Å². The first-order chi connectivity index (χ1) is 8.80. The van der Waals surface area contributed by atoms with Gasteiger partial charge in [0.2, 0.25) is 5.91 Å². The van der Waals surface area contributed by atoms with E-state index in [4.69, 9.17) is 9.31 Å². The summed E-state index contributed by atoms with van der Waals surface area (Å²) in [5.74, 6) is -0.0132. The highest BCUT2D eigenvalue weighted by Crippen LogP contribution is 2.37. The van der Waals surface area contributed by atoms with Crippen molar-refractivity contribution in [2.24, 2.45) is 0 Å². The van der Waals surface area contributed by atoms with Crippen LogP contribution in [0.25, 0.3) is 0 Å². The highest BCUT2D eigenvalue weighted by molar-refractivity contribution is 6.62. The molecule has 1 saturated heterocycles. The molecule has 1 N–H and O–H groups in total. The Morgan fingerprint density at radius 3 is 2.53 bits per heavy atom. The Hall–Kier alpha value is -1.40. The summed E-state index contributed by atoms with van der Waals surface area (Å²) in [4.78, 5) is 15.9. The van der Waals surface area contributed by atoms with E-state index >= 15 is 0 Å². The molecule has 1 aromatic rings. The minimum absolute atomic E-state index is 0.0132. The minimum Gasteiger partial charge on any atom is -0.398 e. The number of rotatable bonds is 1. The van der Waals surface area contributed by atoms with Crippen LogP contribution in [0, 0.1) is 0 Å². The molecule has 1 amide bonds. The standard InChI is InChI=1S/C13H17BN2O3/c1-12(2)13(3,4)19-14(18-12)11-8-7-10(17)16-9(8)5-6-15-11/h5-6H,7H2,1-4H3,(H,16,17). The van der Waals surface area contributed by atoms with Gasteiger partial charge < -0.3 is 14.6 Å². The van der Waals surface area contributed by atoms with Crippen LogP contribution >= 0.6 is 0 Å². The molecule has 1 aromatic heterocycles. The van der Waals surface area contributed by atoms with Gasteiger partial charge in [-0.3, -0.25) is 9.78 Å². The fourth-order valence-corrected chi connectivity index (χ4v) is 2.32. The first-order valence-corrected chi connectivity index (χ1v) is 6.43. The lowest BCUT2D eigenvalue weighted by Crippen LogP contribution is -2.41. The molecule has 3 heterocycles. The smallest absolute Gasteiger partial charge is 0.398 e. The van der Waals surface area contributed by atoms with Crippen LogP contribution in [0.5, 0.6) is 0 Å². The maximum Gasteiger partial charge on any atom is 0.514 e. The van der Waals surface area contributed by atoms with E-state index < -0.39 is 18.3 Å². The van der Waals surface area contributed by atoms with E-state index in [-0.39, 0.29) is 5.91 Å². The maximum absolute atomic E-state index is 11.5. The number of amides is 1. The lowest BCUT2D eigenvalue weighted by molar-refractivity contribution is -0.115. The predicted octanol–water partition coefficient (Wildman–Crippen LogP) is 0.875. The molecule has 6 heteroatoms. The zero-order valence-corrected chi connectivity index (χ0v) is 11.6. The number of hydrogen-bond acceptors (Lipinski definition) is 4. The highest BCUT2D eigenvalue weighted by atomic mass is 16.7. The van der Waals surface area contributed by atoms with E-state index in [1.807, 2.05) is 27.7 Å². The Morgan fingerprint density at radius 2 is 1.89 bits per heavy atom. The van der Waals surface area contributed by atoms with Crippen LogP contribution < -0.4 is 10.9 Å². The molecule has 5 nitrogen and oxygen atoms in total. The van der Waals surface area contributed by atoms with Crippen molar-refractivity contribution in [2.45, 2.75) is 45.3 Å². The topological polar surface area (TPSA) is 60.5 Å². The number of hydrogen-bond donors (Lipinski definition) is 1. The molecule has 2 aliphatic rings. The van der Waals surface area contributed by atoms with Crippen molar-refractivity contribution in [3.63, 3.8) is 0 Å². The summed E-state index contributed by atoms with van der Waals surface area (Å²) in [6, 6.07) is 1.80. The zero-order valence-electron chi connectivity index (χ0n) is 11.6. The monoisotopic (exact) mass is 260 g/mol. The number of nitrogens with zero attached hydrogens (tertiary/aromatic N) is 1. The van der Waals surface area contributed by atoms with Crippen LogP contribution in [0.15, 0.2) is 12.3 Å². The van der Waals surface area contributed by atoms with E-state index in [1.165, 1.54) is 0 Å². The summed E-state index contributed by atoms with van der Waals surface area (Å²) in [7, 11) is -0.521. The quantitative estimate of drug-likeness (QED) is 0.761. The normalized spacial score (nSPS) is 23.4. The van der Waals surface area contributed by atoms with E-state index in [0.29, 0.717) is 12.0 Å².